The Bertz CT molecular complexity index is 1320. The Morgan fingerprint density at radius 1 is 1.05 bits per heavy atom. The molecule has 0 unspecified atom stereocenters. The second-order valence-electron chi connectivity index (χ2n) is 13.6. The van der Waals surface area contributed by atoms with Crippen molar-refractivity contribution in [3.8, 4) is 21.8 Å². The lowest BCUT2D eigenvalue weighted by molar-refractivity contribution is 0.0696. The monoisotopic (exact) mass is 563 g/mol. The summed E-state index contributed by atoms with van der Waals surface area (Å²) in [7, 11) is 0. The summed E-state index contributed by atoms with van der Waals surface area (Å²) in [6.45, 7) is 14.5. The van der Waals surface area contributed by atoms with E-state index in [9.17, 15) is 4.79 Å². The van der Waals surface area contributed by atoms with Crippen molar-refractivity contribution in [2.24, 2.45) is 5.92 Å². The van der Waals surface area contributed by atoms with E-state index in [4.69, 9.17) is 14.8 Å². The van der Waals surface area contributed by atoms with Gasteiger partial charge in [0, 0.05) is 24.8 Å². The van der Waals surface area contributed by atoms with Crippen molar-refractivity contribution < 1.29 is 9.53 Å². The molecule has 8 heteroatoms. The van der Waals surface area contributed by atoms with E-state index in [1.807, 2.05) is 11.0 Å². The van der Waals surface area contributed by atoms with Crippen molar-refractivity contribution in [3.63, 3.8) is 0 Å². The first kappa shape index (κ1) is 28.9. The van der Waals surface area contributed by atoms with E-state index in [0.29, 0.717) is 24.1 Å². The van der Waals surface area contributed by atoms with Crippen LogP contribution >= 0.6 is 11.3 Å². The van der Waals surface area contributed by atoms with E-state index in [-0.39, 0.29) is 22.9 Å². The summed E-state index contributed by atoms with van der Waals surface area (Å²) in [6.07, 6.45) is 10.9. The number of rotatable bonds is 6. The number of hydrogen-bond donors (Lipinski definition) is 1. The van der Waals surface area contributed by atoms with Crippen LogP contribution in [0.4, 0.5) is 0 Å². The largest absolute Gasteiger partial charge is 0.381 e. The van der Waals surface area contributed by atoms with Gasteiger partial charge in [-0.05, 0) is 68.6 Å². The first-order chi connectivity index (χ1) is 19.0. The fraction of sp³-hybridized carbons (Fsp3) is 0.625. The topological polar surface area (TPSA) is 81.9 Å². The SMILES string of the molecule is CC(C)(C)c1cc(-c2sc(C(=O)NC3CCOCC3)nc2CC2CCCCC2)ccc1-c1ncn(C(C)(C)C)n1. The van der Waals surface area contributed by atoms with Gasteiger partial charge in [0.05, 0.1) is 16.1 Å². The smallest absolute Gasteiger partial charge is 0.280 e. The first-order valence-electron chi connectivity index (χ1n) is 14.9. The van der Waals surface area contributed by atoms with Gasteiger partial charge in [-0.15, -0.1) is 11.3 Å². The van der Waals surface area contributed by atoms with Crippen LogP contribution in [0.25, 0.3) is 21.8 Å². The summed E-state index contributed by atoms with van der Waals surface area (Å²) >= 11 is 1.54. The number of aromatic nitrogens is 4. The highest BCUT2D eigenvalue weighted by Gasteiger charge is 2.27. The zero-order valence-corrected chi connectivity index (χ0v) is 25.9. The standard InChI is InChI=1S/C32H45N5O2S/c1-31(2,3)25-19-22(12-13-24(25)28-33-20-37(36-28)32(4,5)6)27-26(18-21-10-8-7-9-11-21)35-30(40-27)29(38)34-23-14-16-39-17-15-23/h12-13,19-21,23H,7-11,14-18H2,1-6H3,(H,34,38). The van der Waals surface area contributed by atoms with Crippen LogP contribution in [0.2, 0.25) is 0 Å². The molecule has 1 N–H and O–H groups in total. The third kappa shape index (κ3) is 6.65. The molecule has 0 radical (unpaired) electrons. The number of amides is 1. The number of nitrogens with one attached hydrogen (secondary N) is 1. The third-order valence-electron chi connectivity index (χ3n) is 8.16. The fourth-order valence-corrected chi connectivity index (χ4v) is 6.77. The van der Waals surface area contributed by atoms with Crippen LogP contribution in [-0.2, 0) is 22.1 Å². The molecule has 1 aliphatic heterocycles. The summed E-state index contributed by atoms with van der Waals surface area (Å²) in [4.78, 5) is 24.1. The minimum atomic E-state index is -0.134. The highest BCUT2D eigenvalue weighted by molar-refractivity contribution is 7.17. The molecule has 1 aromatic carbocycles. The molecule has 2 aromatic heterocycles. The quantitative estimate of drug-likeness (QED) is 0.344. The first-order valence-corrected chi connectivity index (χ1v) is 15.8. The molecule has 3 aromatic rings. The minimum absolute atomic E-state index is 0.0578. The Hall–Kier alpha value is -2.58. The predicted molar refractivity (Wildman–Crippen MR) is 162 cm³/mol. The van der Waals surface area contributed by atoms with Crippen molar-refractivity contribution in [1.29, 1.82) is 0 Å². The predicted octanol–water partition coefficient (Wildman–Crippen LogP) is 7.15. The van der Waals surface area contributed by atoms with Crippen LogP contribution in [0, 0.1) is 5.92 Å². The molecule has 3 heterocycles. The van der Waals surface area contributed by atoms with Crippen LogP contribution in [-0.4, -0.2) is 44.9 Å². The van der Waals surface area contributed by atoms with Crippen LogP contribution in [0.15, 0.2) is 24.5 Å². The van der Waals surface area contributed by atoms with Crippen LogP contribution in [0.5, 0.6) is 0 Å². The van der Waals surface area contributed by atoms with Gasteiger partial charge < -0.3 is 10.1 Å². The van der Waals surface area contributed by atoms with E-state index in [1.165, 1.54) is 49.0 Å². The second kappa shape index (κ2) is 11.7. The zero-order valence-electron chi connectivity index (χ0n) is 25.0. The lowest BCUT2D eigenvalue weighted by atomic mass is 9.82. The van der Waals surface area contributed by atoms with Crippen molar-refractivity contribution in [3.05, 3.63) is 40.8 Å². The molecule has 40 heavy (non-hydrogen) atoms. The molecule has 216 valence electrons. The summed E-state index contributed by atoms with van der Waals surface area (Å²) in [5.41, 5.74) is 4.19. The van der Waals surface area contributed by atoms with Crippen molar-refractivity contribution in [2.45, 2.75) is 110 Å². The number of nitrogens with zero attached hydrogens (tertiary/aromatic N) is 4. The summed E-state index contributed by atoms with van der Waals surface area (Å²) in [6, 6.07) is 6.76. The number of hydrogen-bond acceptors (Lipinski definition) is 6. The van der Waals surface area contributed by atoms with Gasteiger partial charge in [0.15, 0.2) is 10.8 Å². The number of carbonyl (C=O) groups is 1. The van der Waals surface area contributed by atoms with Gasteiger partial charge in [-0.2, -0.15) is 5.10 Å². The molecule has 2 fully saturated rings. The molecule has 1 aliphatic carbocycles. The molecular weight excluding hydrogens is 518 g/mol. The average Bonchev–Trinajstić information content (AvgIpc) is 3.57. The molecule has 2 aliphatic rings. The fourth-order valence-electron chi connectivity index (χ4n) is 5.78. The summed E-state index contributed by atoms with van der Waals surface area (Å²) in [5.74, 6) is 1.32. The molecular formula is C32H45N5O2S. The molecule has 7 nitrogen and oxygen atoms in total. The van der Waals surface area contributed by atoms with Crippen LogP contribution in [0.3, 0.4) is 0 Å². The lowest BCUT2D eigenvalue weighted by Crippen LogP contribution is -2.38. The Labute approximate surface area is 243 Å². The van der Waals surface area contributed by atoms with Gasteiger partial charge >= 0.3 is 0 Å². The molecule has 1 amide bonds. The molecule has 1 saturated carbocycles. The van der Waals surface area contributed by atoms with E-state index < -0.39 is 0 Å². The normalized spacial score (nSPS) is 17.8. The molecule has 0 atom stereocenters. The lowest BCUT2D eigenvalue weighted by Gasteiger charge is -2.24. The van der Waals surface area contributed by atoms with E-state index >= 15 is 0 Å². The van der Waals surface area contributed by atoms with Gasteiger partial charge in [-0.1, -0.05) is 65.0 Å². The second-order valence-corrected chi connectivity index (χ2v) is 14.6. The van der Waals surface area contributed by atoms with Crippen molar-refractivity contribution in [1.82, 2.24) is 25.1 Å². The Balaban J connectivity index is 1.52. The van der Waals surface area contributed by atoms with Gasteiger partial charge in [-0.25, -0.2) is 14.6 Å². The van der Waals surface area contributed by atoms with Crippen LogP contribution in [0.1, 0.15) is 108 Å². The highest BCUT2D eigenvalue weighted by Crippen LogP contribution is 2.40. The maximum Gasteiger partial charge on any atom is 0.280 e. The molecule has 1 saturated heterocycles. The Morgan fingerprint density at radius 3 is 2.42 bits per heavy atom. The van der Waals surface area contributed by atoms with Crippen molar-refractivity contribution in [2.75, 3.05) is 13.2 Å². The van der Waals surface area contributed by atoms with Crippen molar-refractivity contribution >= 4 is 17.2 Å². The molecule has 0 spiro atoms. The molecule has 5 rings (SSSR count). The number of carbonyl (C=O) groups excluding carboxylic acids is 1. The van der Waals surface area contributed by atoms with Gasteiger partial charge in [0.1, 0.15) is 6.33 Å². The van der Waals surface area contributed by atoms with E-state index in [1.54, 1.807) is 0 Å². The minimum Gasteiger partial charge on any atom is -0.381 e. The Kier molecular flexibility index (Phi) is 8.48. The van der Waals surface area contributed by atoms with E-state index in [0.717, 1.165) is 46.8 Å². The van der Waals surface area contributed by atoms with Crippen LogP contribution < -0.4 is 5.32 Å². The third-order valence-corrected chi connectivity index (χ3v) is 9.31. The van der Waals surface area contributed by atoms with Gasteiger partial charge in [-0.3, -0.25) is 4.79 Å². The number of ether oxygens (including phenoxy) is 1. The van der Waals surface area contributed by atoms with Gasteiger partial charge in [0.2, 0.25) is 0 Å². The maximum atomic E-state index is 13.3. The maximum absolute atomic E-state index is 13.3. The number of benzene rings is 1. The summed E-state index contributed by atoms with van der Waals surface area (Å²) < 4.78 is 7.40. The summed E-state index contributed by atoms with van der Waals surface area (Å²) in [5, 5.41) is 8.63. The van der Waals surface area contributed by atoms with Gasteiger partial charge in [0.25, 0.3) is 5.91 Å². The highest BCUT2D eigenvalue weighted by atomic mass is 32.1. The van der Waals surface area contributed by atoms with E-state index in [2.05, 4.69) is 70.0 Å². The molecule has 0 bridgehead atoms. The zero-order chi connectivity index (χ0) is 28.5. The number of thiazole rings is 1. The average molecular weight is 564 g/mol. The Morgan fingerprint density at radius 2 is 1.77 bits per heavy atom.